The molecule has 36 heavy (non-hydrogen) atoms. The number of amides is 2. The summed E-state index contributed by atoms with van der Waals surface area (Å²) in [5, 5.41) is 4.08. The number of nitrogens with one attached hydrogen (secondary N) is 1. The summed E-state index contributed by atoms with van der Waals surface area (Å²) in [5.74, 6) is -0.848. The van der Waals surface area contributed by atoms with Crippen molar-refractivity contribution in [1.82, 2.24) is 10.2 Å². The SMILES string of the molecule is CC[C@@H](C(=O)NC1CCCC1)N(Cc1c(Cl)cccc1Cl)C(=O)CN(c1cccc(Cl)c1)S(C)(=O)=O. The van der Waals surface area contributed by atoms with Crippen LogP contribution in [-0.4, -0.2) is 50.0 Å². The molecule has 0 unspecified atom stereocenters. The monoisotopic (exact) mass is 573 g/mol. The molecule has 0 radical (unpaired) electrons. The van der Waals surface area contributed by atoms with Gasteiger partial charge < -0.3 is 10.2 Å². The Balaban J connectivity index is 1.97. The van der Waals surface area contributed by atoms with Gasteiger partial charge in [0.1, 0.15) is 12.6 Å². The first kappa shape index (κ1) is 28.6. The Morgan fingerprint density at radius 3 is 2.22 bits per heavy atom. The van der Waals surface area contributed by atoms with Crippen LogP contribution in [0.5, 0.6) is 0 Å². The third kappa shape index (κ3) is 7.28. The third-order valence-electron chi connectivity index (χ3n) is 6.25. The second kappa shape index (κ2) is 12.5. The highest BCUT2D eigenvalue weighted by molar-refractivity contribution is 7.92. The molecule has 1 atom stereocenters. The van der Waals surface area contributed by atoms with Crippen molar-refractivity contribution in [3.8, 4) is 0 Å². The molecule has 11 heteroatoms. The van der Waals surface area contributed by atoms with E-state index in [1.807, 2.05) is 0 Å². The molecule has 2 aromatic carbocycles. The van der Waals surface area contributed by atoms with Gasteiger partial charge in [0, 0.05) is 33.2 Å². The molecule has 0 heterocycles. The van der Waals surface area contributed by atoms with E-state index in [9.17, 15) is 18.0 Å². The van der Waals surface area contributed by atoms with Crippen molar-refractivity contribution >= 4 is 62.3 Å². The molecule has 7 nitrogen and oxygen atoms in total. The van der Waals surface area contributed by atoms with E-state index in [4.69, 9.17) is 34.8 Å². The zero-order valence-electron chi connectivity index (χ0n) is 20.2. The van der Waals surface area contributed by atoms with Crippen molar-refractivity contribution in [2.75, 3.05) is 17.1 Å². The molecule has 1 N–H and O–H groups in total. The highest BCUT2D eigenvalue weighted by Gasteiger charge is 2.33. The van der Waals surface area contributed by atoms with Crippen LogP contribution >= 0.6 is 34.8 Å². The normalized spacial score (nSPS) is 14.9. The molecular weight excluding hydrogens is 545 g/mol. The number of nitrogens with zero attached hydrogens (tertiary/aromatic N) is 2. The van der Waals surface area contributed by atoms with Crippen LogP contribution in [0.2, 0.25) is 15.1 Å². The van der Waals surface area contributed by atoms with Gasteiger partial charge in [0.15, 0.2) is 0 Å². The summed E-state index contributed by atoms with van der Waals surface area (Å²) in [6.07, 6.45) is 5.21. The number of halogens is 3. The number of anilines is 1. The second-order valence-electron chi connectivity index (χ2n) is 8.89. The minimum Gasteiger partial charge on any atom is -0.352 e. The lowest BCUT2D eigenvalue weighted by atomic mass is 10.1. The smallest absolute Gasteiger partial charge is 0.244 e. The number of benzene rings is 2. The molecule has 0 spiro atoms. The molecule has 2 aromatic rings. The molecule has 2 amide bonds. The van der Waals surface area contributed by atoms with Crippen molar-refractivity contribution in [1.29, 1.82) is 0 Å². The van der Waals surface area contributed by atoms with Crippen molar-refractivity contribution in [3.63, 3.8) is 0 Å². The molecule has 3 rings (SSSR count). The van der Waals surface area contributed by atoms with E-state index < -0.39 is 28.5 Å². The van der Waals surface area contributed by atoms with Crippen molar-refractivity contribution in [2.45, 2.75) is 57.7 Å². The van der Waals surface area contributed by atoms with Crippen LogP contribution in [0.15, 0.2) is 42.5 Å². The summed E-state index contributed by atoms with van der Waals surface area (Å²) in [4.78, 5) is 28.4. The highest BCUT2D eigenvalue weighted by Crippen LogP contribution is 2.28. The van der Waals surface area contributed by atoms with Gasteiger partial charge in [-0.05, 0) is 49.6 Å². The molecule has 1 aliphatic rings. The van der Waals surface area contributed by atoms with Crippen LogP contribution in [0.25, 0.3) is 0 Å². The van der Waals surface area contributed by atoms with Crippen LogP contribution in [0, 0.1) is 0 Å². The van der Waals surface area contributed by atoms with Crippen molar-refractivity contribution in [2.24, 2.45) is 0 Å². The number of sulfonamides is 1. The van der Waals surface area contributed by atoms with Gasteiger partial charge in [-0.1, -0.05) is 66.7 Å². The molecule has 0 bridgehead atoms. The van der Waals surface area contributed by atoms with Crippen LogP contribution in [0.1, 0.15) is 44.6 Å². The van der Waals surface area contributed by atoms with Gasteiger partial charge in [0.2, 0.25) is 21.8 Å². The summed E-state index contributed by atoms with van der Waals surface area (Å²) in [6, 6.07) is 10.5. The number of carbonyl (C=O) groups is 2. The first-order valence-electron chi connectivity index (χ1n) is 11.8. The standard InChI is InChI=1S/C25H30Cl3N3O4S/c1-3-23(25(33)29-18-9-4-5-10-18)30(15-20-21(27)12-7-13-22(20)28)24(32)16-31(36(2,34)35)19-11-6-8-17(26)14-19/h6-8,11-14,18,23H,3-5,9-10,15-16H2,1-2H3,(H,29,33)/t23-/m0/s1. The summed E-state index contributed by atoms with van der Waals surface area (Å²) in [7, 11) is -3.85. The summed E-state index contributed by atoms with van der Waals surface area (Å²) in [6.45, 7) is 1.23. The molecular formula is C25H30Cl3N3O4S. The molecule has 0 aromatic heterocycles. The lowest BCUT2D eigenvalue weighted by molar-refractivity contribution is -0.140. The predicted molar refractivity (Wildman–Crippen MR) is 145 cm³/mol. The first-order valence-corrected chi connectivity index (χ1v) is 14.8. The highest BCUT2D eigenvalue weighted by atomic mass is 35.5. The van der Waals surface area contributed by atoms with Gasteiger partial charge in [0.05, 0.1) is 11.9 Å². The number of rotatable bonds is 10. The zero-order chi connectivity index (χ0) is 26.5. The van der Waals surface area contributed by atoms with Crippen LogP contribution < -0.4 is 9.62 Å². The summed E-state index contributed by atoms with van der Waals surface area (Å²) in [5.41, 5.74) is 0.729. The molecule has 1 fully saturated rings. The van der Waals surface area contributed by atoms with Crippen LogP contribution in [-0.2, 0) is 26.2 Å². The van der Waals surface area contributed by atoms with E-state index in [2.05, 4.69) is 5.32 Å². The Bertz CT molecular complexity index is 1180. The number of hydrogen-bond donors (Lipinski definition) is 1. The Hall–Kier alpha value is -2.00. The Morgan fingerprint density at radius 1 is 1.06 bits per heavy atom. The number of hydrogen-bond acceptors (Lipinski definition) is 4. The lowest BCUT2D eigenvalue weighted by Gasteiger charge is -2.33. The molecule has 0 aliphatic heterocycles. The molecule has 0 saturated heterocycles. The van der Waals surface area contributed by atoms with Gasteiger partial charge in [-0.25, -0.2) is 8.42 Å². The molecule has 196 valence electrons. The average molecular weight is 575 g/mol. The number of carbonyl (C=O) groups excluding carboxylic acids is 2. The summed E-state index contributed by atoms with van der Waals surface area (Å²) >= 11 is 18.9. The fourth-order valence-corrected chi connectivity index (χ4v) is 5.93. The quantitative estimate of drug-likeness (QED) is 0.418. The first-order chi connectivity index (χ1) is 17.0. The van der Waals surface area contributed by atoms with Gasteiger partial charge >= 0.3 is 0 Å². The fraction of sp³-hybridized carbons (Fsp3) is 0.440. The third-order valence-corrected chi connectivity index (χ3v) is 8.34. The Labute approximate surface area is 227 Å². The van der Waals surface area contributed by atoms with Crippen molar-refractivity contribution < 1.29 is 18.0 Å². The van der Waals surface area contributed by atoms with E-state index >= 15 is 0 Å². The zero-order valence-corrected chi connectivity index (χ0v) is 23.3. The van der Waals surface area contributed by atoms with E-state index in [1.54, 1.807) is 43.3 Å². The van der Waals surface area contributed by atoms with Crippen LogP contribution in [0.3, 0.4) is 0 Å². The Morgan fingerprint density at radius 2 is 1.67 bits per heavy atom. The summed E-state index contributed by atoms with van der Waals surface area (Å²) < 4.78 is 26.3. The molecule has 1 aliphatic carbocycles. The van der Waals surface area contributed by atoms with Gasteiger partial charge in [-0.3, -0.25) is 13.9 Å². The van der Waals surface area contributed by atoms with E-state index in [0.717, 1.165) is 36.2 Å². The molecule has 1 saturated carbocycles. The van der Waals surface area contributed by atoms with Gasteiger partial charge in [0.25, 0.3) is 0 Å². The van der Waals surface area contributed by atoms with E-state index in [1.165, 1.54) is 11.0 Å². The lowest BCUT2D eigenvalue weighted by Crippen LogP contribution is -2.53. The Kier molecular flexibility index (Phi) is 9.92. The van der Waals surface area contributed by atoms with Gasteiger partial charge in [-0.15, -0.1) is 0 Å². The van der Waals surface area contributed by atoms with E-state index in [0.29, 0.717) is 27.1 Å². The van der Waals surface area contributed by atoms with Crippen LogP contribution in [0.4, 0.5) is 5.69 Å². The fourth-order valence-electron chi connectivity index (χ4n) is 4.39. The maximum absolute atomic E-state index is 13.7. The largest absolute Gasteiger partial charge is 0.352 e. The van der Waals surface area contributed by atoms with Gasteiger partial charge in [-0.2, -0.15) is 0 Å². The maximum atomic E-state index is 13.7. The topological polar surface area (TPSA) is 86.8 Å². The maximum Gasteiger partial charge on any atom is 0.244 e. The van der Waals surface area contributed by atoms with Crippen molar-refractivity contribution in [3.05, 3.63) is 63.1 Å². The second-order valence-corrected chi connectivity index (χ2v) is 12.0. The average Bonchev–Trinajstić information content (AvgIpc) is 3.31. The predicted octanol–water partition coefficient (Wildman–Crippen LogP) is 5.28. The minimum absolute atomic E-state index is 0.0545. The minimum atomic E-state index is -3.85. The van der Waals surface area contributed by atoms with E-state index in [-0.39, 0.29) is 24.2 Å².